The Bertz CT molecular complexity index is 325. The Labute approximate surface area is 88.9 Å². The average Bonchev–Trinajstić information content (AvgIpc) is 2.25. The quantitative estimate of drug-likeness (QED) is 0.564. The standard InChI is InChI=1S/C11H15NO3/c1-2-12-7-8-15-11(14)9-5-3-4-6-10(9)13/h3-6,12-13H,2,7-8H2,1H3. The highest BCUT2D eigenvalue weighted by Gasteiger charge is 2.10. The molecule has 4 nitrogen and oxygen atoms in total. The molecule has 0 saturated heterocycles. The SMILES string of the molecule is CCNCCOC(=O)c1ccccc1O. The number of carbonyl (C=O) groups excluding carboxylic acids is 1. The van der Waals surface area contributed by atoms with Crippen molar-refractivity contribution >= 4 is 5.97 Å². The van der Waals surface area contributed by atoms with Crippen molar-refractivity contribution in [1.29, 1.82) is 0 Å². The summed E-state index contributed by atoms with van der Waals surface area (Å²) in [6.07, 6.45) is 0. The number of phenolic OH excluding ortho intramolecular Hbond substituents is 1. The molecule has 0 bridgehead atoms. The van der Waals surface area contributed by atoms with Crippen LogP contribution in [0, 0.1) is 0 Å². The van der Waals surface area contributed by atoms with Crippen LogP contribution in [0.4, 0.5) is 0 Å². The van der Waals surface area contributed by atoms with Crippen molar-refractivity contribution in [2.24, 2.45) is 0 Å². The fourth-order valence-corrected chi connectivity index (χ4v) is 1.12. The normalized spacial score (nSPS) is 9.93. The minimum atomic E-state index is -0.494. The summed E-state index contributed by atoms with van der Waals surface area (Å²) in [6.45, 7) is 3.75. The summed E-state index contributed by atoms with van der Waals surface area (Å²) in [4.78, 5) is 11.4. The first kappa shape index (κ1) is 11.5. The molecular formula is C11H15NO3. The highest BCUT2D eigenvalue weighted by atomic mass is 16.5. The van der Waals surface area contributed by atoms with E-state index >= 15 is 0 Å². The lowest BCUT2D eigenvalue weighted by molar-refractivity contribution is 0.0506. The molecule has 15 heavy (non-hydrogen) atoms. The summed E-state index contributed by atoms with van der Waals surface area (Å²) in [5.41, 5.74) is 0.203. The number of para-hydroxylation sites is 1. The second-order valence-corrected chi connectivity index (χ2v) is 3.01. The third-order valence-corrected chi connectivity index (χ3v) is 1.89. The Morgan fingerprint density at radius 2 is 2.20 bits per heavy atom. The number of likely N-dealkylation sites (N-methyl/N-ethyl adjacent to an activating group) is 1. The first-order valence-corrected chi connectivity index (χ1v) is 4.91. The molecule has 2 N–H and O–H groups in total. The van der Waals surface area contributed by atoms with Crippen LogP contribution < -0.4 is 5.32 Å². The van der Waals surface area contributed by atoms with Crippen molar-refractivity contribution in [2.45, 2.75) is 6.92 Å². The number of hydrogen-bond donors (Lipinski definition) is 2. The van der Waals surface area contributed by atoms with E-state index in [0.29, 0.717) is 13.2 Å². The van der Waals surface area contributed by atoms with Gasteiger partial charge in [0.15, 0.2) is 0 Å². The van der Waals surface area contributed by atoms with E-state index in [2.05, 4.69) is 5.32 Å². The fraction of sp³-hybridized carbons (Fsp3) is 0.364. The summed E-state index contributed by atoms with van der Waals surface area (Å²) in [6, 6.07) is 6.33. The van der Waals surface area contributed by atoms with Gasteiger partial charge >= 0.3 is 5.97 Å². The van der Waals surface area contributed by atoms with Gasteiger partial charge in [-0.15, -0.1) is 0 Å². The van der Waals surface area contributed by atoms with Gasteiger partial charge in [0.05, 0.1) is 0 Å². The van der Waals surface area contributed by atoms with Gasteiger partial charge in [0.1, 0.15) is 17.9 Å². The van der Waals surface area contributed by atoms with E-state index < -0.39 is 5.97 Å². The van der Waals surface area contributed by atoms with E-state index in [1.54, 1.807) is 12.1 Å². The molecule has 0 heterocycles. The predicted molar refractivity (Wildman–Crippen MR) is 56.9 cm³/mol. The van der Waals surface area contributed by atoms with Crippen LogP contribution in [0.15, 0.2) is 24.3 Å². The van der Waals surface area contributed by atoms with E-state index in [1.165, 1.54) is 12.1 Å². The Morgan fingerprint density at radius 1 is 1.47 bits per heavy atom. The van der Waals surface area contributed by atoms with Crippen LogP contribution in [0.25, 0.3) is 0 Å². The summed E-state index contributed by atoms with van der Waals surface area (Å²) in [5, 5.41) is 12.4. The molecular weight excluding hydrogens is 194 g/mol. The largest absolute Gasteiger partial charge is 0.507 e. The molecule has 1 aromatic rings. The number of carbonyl (C=O) groups is 1. The van der Waals surface area contributed by atoms with Crippen LogP contribution in [0.5, 0.6) is 5.75 Å². The smallest absolute Gasteiger partial charge is 0.341 e. The maximum atomic E-state index is 11.4. The summed E-state index contributed by atoms with van der Waals surface area (Å²) in [5.74, 6) is -0.544. The highest BCUT2D eigenvalue weighted by molar-refractivity contribution is 5.92. The minimum absolute atomic E-state index is 0.0500. The van der Waals surface area contributed by atoms with Crippen LogP contribution >= 0.6 is 0 Å². The molecule has 82 valence electrons. The van der Waals surface area contributed by atoms with Crippen molar-refractivity contribution in [1.82, 2.24) is 5.32 Å². The van der Waals surface area contributed by atoms with E-state index in [9.17, 15) is 9.90 Å². The van der Waals surface area contributed by atoms with Gasteiger partial charge in [-0.3, -0.25) is 0 Å². The zero-order valence-corrected chi connectivity index (χ0v) is 8.69. The third-order valence-electron chi connectivity index (χ3n) is 1.89. The number of aromatic hydroxyl groups is 1. The average molecular weight is 209 g/mol. The van der Waals surface area contributed by atoms with Gasteiger partial charge in [-0.05, 0) is 18.7 Å². The molecule has 4 heteroatoms. The van der Waals surface area contributed by atoms with Gasteiger partial charge in [-0.25, -0.2) is 4.79 Å². The van der Waals surface area contributed by atoms with Crippen molar-refractivity contribution in [3.63, 3.8) is 0 Å². The number of rotatable bonds is 5. The van der Waals surface area contributed by atoms with E-state index in [-0.39, 0.29) is 11.3 Å². The van der Waals surface area contributed by atoms with Crippen LogP contribution in [-0.2, 0) is 4.74 Å². The van der Waals surface area contributed by atoms with Crippen LogP contribution in [-0.4, -0.2) is 30.8 Å². The number of benzene rings is 1. The van der Waals surface area contributed by atoms with Crippen molar-refractivity contribution in [2.75, 3.05) is 19.7 Å². The molecule has 1 rings (SSSR count). The number of hydrogen-bond acceptors (Lipinski definition) is 4. The van der Waals surface area contributed by atoms with E-state index in [1.807, 2.05) is 6.92 Å². The first-order chi connectivity index (χ1) is 7.25. The predicted octanol–water partition coefficient (Wildman–Crippen LogP) is 1.16. The zero-order valence-electron chi connectivity index (χ0n) is 8.69. The number of ether oxygens (including phenoxy) is 1. The second-order valence-electron chi connectivity index (χ2n) is 3.01. The molecule has 0 aliphatic rings. The van der Waals surface area contributed by atoms with E-state index in [4.69, 9.17) is 4.74 Å². The molecule has 1 aromatic carbocycles. The highest BCUT2D eigenvalue weighted by Crippen LogP contribution is 2.16. The number of esters is 1. The van der Waals surface area contributed by atoms with Crippen LogP contribution in [0.2, 0.25) is 0 Å². The molecule has 0 spiro atoms. The molecule has 0 atom stereocenters. The Hall–Kier alpha value is -1.55. The van der Waals surface area contributed by atoms with Crippen molar-refractivity contribution < 1.29 is 14.6 Å². The van der Waals surface area contributed by atoms with Gasteiger partial charge in [-0.1, -0.05) is 19.1 Å². The lowest BCUT2D eigenvalue weighted by atomic mass is 10.2. The van der Waals surface area contributed by atoms with E-state index in [0.717, 1.165) is 6.54 Å². The molecule has 0 unspecified atom stereocenters. The van der Waals surface area contributed by atoms with Gasteiger partial charge in [0.25, 0.3) is 0 Å². The summed E-state index contributed by atoms with van der Waals surface area (Å²) in [7, 11) is 0. The Morgan fingerprint density at radius 3 is 2.87 bits per heavy atom. The van der Waals surface area contributed by atoms with Crippen LogP contribution in [0.1, 0.15) is 17.3 Å². The molecule has 0 aromatic heterocycles. The minimum Gasteiger partial charge on any atom is -0.507 e. The number of phenols is 1. The molecule has 0 saturated carbocycles. The third kappa shape index (κ3) is 3.59. The number of nitrogens with one attached hydrogen (secondary N) is 1. The first-order valence-electron chi connectivity index (χ1n) is 4.91. The Balaban J connectivity index is 2.44. The lowest BCUT2D eigenvalue weighted by Crippen LogP contribution is -2.20. The summed E-state index contributed by atoms with van der Waals surface area (Å²) >= 11 is 0. The zero-order chi connectivity index (χ0) is 11.1. The van der Waals surface area contributed by atoms with Gasteiger partial charge in [-0.2, -0.15) is 0 Å². The lowest BCUT2D eigenvalue weighted by Gasteiger charge is -2.06. The van der Waals surface area contributed by atoms with Gasteiger partial charge < -0.3 is 15.2 Å². The summed E-state index contributed by atoms with van der Waals surface area (Å²) < 4.78 is 4.95. The Kier molecular flexibility index (Phi) is 4.63. The topological polar surface area (TPSA) is 58.6 Å². The van der Waals surface area contributed by atoms with Crippen molar-refractivity contribution in [3.8, 4) is 5.75 Å². The molecule has 0 radical (unpaired) electrons. The van der Waals surface area contributed by atoms with Crippen molar-refractivity contribution in [3.05, 3.63) is 29.8 Å². The monoisotopic (exact) mass is 209 g/mol. The molecule has 0 aliphatic heterocycles. The van der Waals surface area contributed by atoms with Gasteiger partial charge in [0, 0.05) is 6.54 Å². The fourth-order valence-electron chi connectivity index (χ4n) is 1.12. The second kappa shape index (κ2) is 6.03. The maximum absolute atomic E-state index is 11.4. The molecule has 0 aliphatic carbocycles. The van der Waals surface area contributed by atoms with Gasteiger partial charge in [0.2, 0.25) is 0 Å². The molecule has 0 fully saturated rings. The van der Waals surface area contributed by atoms with Crippen LogP contribution in [0.3, 0.4) is 0 Å². The maximum Gasteiger partial charge on any atom is 0.341 e. The molecule has 0 amide bonds.